The van der Waals surface area contributed by atoms with Crippen LogP contribution in [0.1, 0.15) is 52.7 Å². The largest absolute Gasteiger partial charge is 0.497 e. The minimum atomic E-state index is -1.14. The van der Waals surface area contributed by atoms with Crippen molar-refractivity contribution in [2.45, 2.75) is 77.9 Å². The maximum absolute atomic E-state index is 13.0. The van der Waals surface area contributed by atoms with Crippen molar-refractivity contribution >= 4 is 12.2 Å². The van der Waals surface area contributed by atoms with E-state index < -0.39 is 35.5 Å². The molecule has 0 bridgehead atoms. The summed E-state index contributed by atoms with van der Waals surface area (Å²) in [5.74, 6) is 0.722. The number of amides is 2. The van der Waals surface area contributed by atoms with E-state index in [1.54, 1.807) is 48.7 Å². The van der Waals surface area contributed by atoms with Crippen molar-refractivity contribution in [1.29, 1.82) is 0 Å². The fourth-order valence-corrected chi connectivity index (χ4v) is 3.38. The Labute approximate surface area is 220 Å². The molecule has 0 aliphatic heterocycles. The Morgan fingerprint density at radius 1 is 0.892 bits per heavy atom. The molecule has 0 aromatic heterocycles. The van der Waals surface area contributed by atoms with Gasteiger partial charge in [0.25, 0.3) is 0 Å². The highest BCUT2D eigenvalue weighted by molar-refractivity contribution is 5.69. The molecule has 2 rings (SSSR count). The number of nitrogens with one attached hydrogen (secondary N) is 2. The summed E-state index contributed by atoms with van der Waals surface area (Å²) in [5.41, 5.74) is 3.43. The van der Waals surface area contributed by atoms with Crippen LogP contribution >= 0.6 is 0 Å². The van der Waals surface area contributed by atoms with Gasteiger partial charge >= 0.3 is 12.2 Å². The number of rotatable bonds is 10. The molecule has 2 unspecified atom stereocenters. The number of methoxy groups -OCH3 is 1. The first-order valence-electron chi connectivity index (χ1n) is 12.3. The lowest BCUT2D eigenvalue weighted by molar-refractivity contribution is -0.00568. The molecule has 0 saturated heterocycles. The lowest BCUT2D eigenvalue weighted by atomic mass is 10.0. The summed E-state index contributed by atoms with van der Waals surface area (Å²) in [6.07, 6.45) is -2.09. The highest BCUT2D eigenvalue weighted by Gasteiger charge is 2.30. The van der Waals surface area contributed by atoms with E-state index in [0.717, 1.165) is 16.9 Å². The molecule has 9 heteroatoms. The summed E-state index contributed by atoms with van der Waals surface area (Å²) in [4.78, 5) is 25.6. The molecule has 0 aliphatic carbocycles. The molecule has 9 nitrogen and oxygen atoms in total. The molecular formula is C28H41N3O6. The minimum Gasteiger partial charge on any atom is -0.497 e. The number of carbonyl (C=O) groups is 2. The van der Waals surface area contributed by atoms with Crippen LogP contribution in [-0.2, 0) is 22.4 Å². The van der Waals surface area contributed by atoms with Gasteiger partial charge in [0.2, 0.25) is 0 Å². The summed E-state index contributed by atoms with van der Waals surface area (Å²) in [6, 6.07) is 16.1. The molecule has 2 amide bonds. The zero-order chi connectivity index (χ0) is 27.6. The number of hydrogen-bond acceptors (Lipinski definition) is 7. The number of ether oxygens (including phenoxy) is 3. The fourth-order valence-electron chi connectivity index (χ4n) is 3.38. The molecular weight excluding hydrogens is 474 g/mol. The van der Waals surface area contributed by atoms with Crippen LogP contribution < -0.4 is 15.5 Å². The second-order valence-electron chi connectivity index (χ2n) is 10.8. The molecule has 2 atom stereocenters. The third-order valence-corrected chi connectivity index (χ3v) is 5.08. The molecule has 0 heterocycles. The lowest BCUT2D eigenvalue weighted by Gasteiger charge is -2.32. The second-order valence-corrected chi connectivity index (χ2v) is 10.8. The van der Waals surface area contributed by atoms with Crippen LogP contribution in [0.2, 0.25) is 0 Å². The topological polar surface area (TPSA) is 109 Å². The van der Waals surface area contributed by atoms with Crippen molar-refractivity contribution in [3.63, 3.8) is 0 Å². The smallest absolute Gasteiger partial charge is 0.424 e. The van der Waals surface area contributed by atoms with E-state index in [9.17, 15) is 14.7 Å². The first kappa shape index (κ1) is 29.9. The number of aliphatic hydroxyl groups is 1. The van der Waals surface area contributed by atoms with E-state index in [-0.39, 0.29) is 6.54 Å². The Morgan fingerprint density at radius 3 is 2.03 bits per heavy atom. The average Bonchev–Trinajstić information content (AvgIpc) is 2.79. The van der Waals surface area contributed by atoms with E-state index in [0.29, 0.717) is 13.0 Å². The third-order valence-electron chi connectivity index (χ3n) is 5.08. The minimum absolute atomic E-state index is 0.141. The Morgan fingerprint density at radius 2 is 1.49 bits per heavy atom. The third kappa shape index (κ3) is 11.5. The summed E-state index contributed by atoms with van der Waals surface area (Å²) >= 11 is 0. The van der Waals surface area contributed by atoms with Gasteiger partial charge in [0.1, 0.15) is 17.0 Å². The second kappa shape index (κ2) is 13.3. The molecule has 0 radical (unpaired) electrons. The van der Waals surface area contributed by atoms with Crippen molar-refractivity contribution in [2.75, 3.05) is 13.7 Å². The molecule has 3 N–H and O–H groups in total. The summed E-state index contributed by atoms with van der Waals surface area (Å²) in [6.45, 7) is 10.8. The van der Waals surface area contributed by atoms with Crippen LogP contribution in [0.3, 0.4) is 0 Å². The van der Waals surface area contributed by atoms with Crippen molar-refractivity contribution in [2.24, 2.45) is 0 Å². The van der Waals surface area contributed by atoms with Crippen molar-refractivity contribution in [3.05, 3.63) is 65.7 Å². The Bertz CT molecular complexity index is 984. The van der Waals surface area contributed by atoms with Gasteiger partial charge in [-0.1, -0.05) is 42.5 Å². The monoisotopic (exact) mass is 515 g/mol. The standard InChI is InChI=1S/C28H41N3O6/c1-27(2,3)36-25(33)30-23(17-20-11-9-8-10-12-20)24(32)19-31(26(34)37-28(4,5)6)29-18-21-13-15-22(35-7)16-14-21/h8-16,23-24,29,32H,17-19H2,1-7H3,(H,30,33). The van der Waals surface area contributed by atoms with Crippen molar-refractivity contribution < 1.29 is 28.9 Å². The quantitative estimate of drug-likeness (QED) is 0.402. The molecule has 0 aliphatic rings. The predicted octanol–water partition coefficient (Wildman–Crippen LogP) is 4.43. The van der Waals surface area contributed by atoms with Gasteiger partial charge in [-0.25, -0.2) is 20.0 Å². The number of hydrazine groups is 1. The number of nitrogens with zero attached hydrogens (tertiary/aromatic N) is 1. The molecule has 37 heavy (non-hydrogen) atoms. The van der Waals surface area contributed by atoms with Crippen molar-refractivity contribution in [1.82, 2.24) is 15.8 Å². The summed E-state index contributed by atoms with van der Waals surface area (Å²) in [7, 11) is 1.59. The molecule has 0 saturated carbocycles. The van der Waals surface area contributed by atoms with E-state index in [1.165, 1.54) is 5.01 Å². The SMILES string of the molecule is COc1ccc(CNN(CC(O)C(Cc2ccccc2)NC(=O)OC(C)(C)C)C(=O)OC(C)(C)C)cc1. The van der Waals surface area contributed by atoms with Gasteiger partial charge in [-0.05, 0) is 71.2 Å². The van der Waals surface area contributed by atoms with Crippen LogP contribution in [0.15, 0.2) is 54.6 Å². The zero-order valence-electron chi connectivity index (χ0n) is 22.9. The summed E-state index contributed by atoms with van der Waals surface area (Å²) in [5, 5.41) is 15.2. The van der Waals surface area contributed by atoms with Crippen LogP contribution in [0.25, 0.3) is 0 Å². The first-order chi connectivity index (χ1) is 17.3. The van der Waals surface area contributed by atoms with Crippen LogP contribution in [0, 0.1) is 0 Å². The van der Waals surface area contributed by atoms with E-state index in [2.05, 4.69) is 10.7 Å². The number of aliphatic hydroxyl groups excluding tert-OH is 1. The number of carbonyl (C=O) groups excluding carboxylic acids is 2. The highest BCUT2D eigenvalue weighted by atomic mass is 16.6. The molecule has 204 valence electrons. The number of alkyl carbamates (subject to hydrolysis) is 1. The molecule has 0 spiro atoms. The van der Waals surface area contributed by atoms with E-state index in [4.69, 9.17) is 14.2 Å². The summed E-state index contributed by atoms with van der Waals surface area (Å²) < 4.78 is 16.2. The van der Waals surface area contributed by atoms with E-state index >= 15 is 0 Å². The predicted molar refractivity (Wildman–Crippen MR) is 142 cm³/mol. The maximum Gasteiger partial charge on any atom is 0.424 e. The van der Waals surface area contributed by atoms with E-state index in [1.807, 2.05) is 54.6 Å². The van der Waals surface area contributed by atoms with Crippen LogP contribution in [0.5, 0.6) is 5.75 Å². The van der Waals surface area contributed by atoms with Gasteiger partial charge in [-0.3, -0.25) is 0 Å². The van der Waals surface area contributed by atoms with Gasteiger partial charge in [-0.2, -0.15) is 0 Å². The fraction of sp³-hybridized carbons (Fsp3) is 0.500. The van der Waals surface area contributed by atoms with Crippen molar-refractivity contribution in [3.8, 4) is 5.75 Å². The Hall–Kier alpha value is -3.30. The normalized spacial score (nSPS) is 13.3. The van der Waals surface area contributed by atoms with Gasteiger partial charge in [0, 0.05) is 6.54 Å². The van der Waals surface area contributed by atoms with Gasteiger partial charge in [0.15, 0.2) is 0 Å². The average molecular weight is 516 g/mol. The maximum atomic E-state index is 13.0. The van der Waals surface area contributed by atoms with Crippen LogP contribution in [-0.4, -0.2) is 59.3 Å². The van der Waals surface area contributed by atoms with Gasteiger partial charge in [0.05, 0.1) is 25.8 Å². The lowest BCUT2D eigenvalue weighted by Crippen LogP contribution is -2.55. The Kier molecular flexibility index (Phi) is 10.8. The number of hydrogen-bond donors (Lipinski definition) is 3. The Balaban J connectivity index is 2.21. The molecule has 0 fully saturated rings. The molecule has 2 aromatic carbocycles. The zero-order valence-corrected chi connectivity index (χ0v) is 22.9. The molecule has 2 aromatic rings. The number of benzene rings is 2. The highest BCUT2D eigenvalue weighted by Crippen LogP contribution is 2.15. The van der Waals surface area contributed by atoms with Gasteiger partial charge in [-0.15, -0.1) is 0 Å². The van der Waals surface area contributed by atoms with Gasteiger partial charge < -0.3 is 24.6 Å². The first-order valence-corrected chi connectivity index (χ1v) is 12.3. The van der Waals surface area contributed by atoms with Crippen LogP contribution in [0.4, 0.5) is 9.59 Å².